The first-order valence-electron chi connectivity index (χ1n) is 8.45. The van der Waals surface area contributed by atoms with E-state index in [4.69, 9.17) is 4.98 Å². The van der Waals surface area contributed by atoms with E-state index >= 15 is 0 Å². The number of benzene rings is 1. The van der Waals surface area contributed by atoms with Gasteiger partial charge in [-0.05, 0) is 19.4 Å². The van der Waals surface area contributed by atoms with Crippen LogP contribution in [0.5, 0.6) is 0 Å². The lowest BCUT2D eigenvalue weighted by Gasteiger charge is -2.18. The van der Waals surface area contributed by atoms with Crippen LogP contribution in [-0.4, -0.2) is 17.5 Å². The van der Waals surface area contributed by atoms with Crippen LogP contribution in [0.3, 0.4) is 0 Å². The molecule has 0 saturated carbocycles. The van der Waals surface area contributed by atoms with E-state index in [-0.39, 0.29) is 11.5 Å². The van der Waals surface area contributed by atoms with E-state index in [1.54, 1.807) is 11.3 Å². The molecule has 1 unspecified atom stereocenters. The summed E-state index contributed by atoms with van der Waals surface area (Å²) in [6, 6.07) is 10.6. The maximum Gasteiger partial charge on any atom is 0.192 e. The zero-order valence-electron chi connectivity index (χ0n) is 15.3. The Morgan fingerprint density at radius 3 is 2.54 bits per heavy atom. The molecule has 2 rings (SSSR count). The molecule has 0 spiro atoms. The summed E-state index contributed by atoms with van der Waals surface area (Å²) in [4.78, 5) is 9.39. The molecule has 1 atom stereocenters. The monoisotopic (exact) mass is 344 g/mol. The van der Waals surface area contributed by atoms with Crippen molar-refractivity contribution in [3.63, 3.8) is 0 Å². The number of aromatic nitrogens is 1. The highest BCUT2D eigenvalue weighted by atomic mass is 32.1. The fourth-order valence-electron chi connectivity index (χ4n) is 2.23. The minimum Gasteiger partial charge on any atom is -0.357 e. The lowest BCUT2D eigenvalue weighted by atomic mass is 9.98. The molecule has 5 heteroatoms. The average molecular weight is 345 g/mol. The SMILES string of the molecule is CCNC(=NCc1csc(C(C)(C)C)n1)NC(C)c1ccccc1. The Labute approximate surface area is 149 Å². The summed E-state index contributed by atoms with van der Waals surface area (Å²) >= 11 is 1.71. The van der Waals surface area contributed by atoms with Crippen molar-refractivity contribution in [1.82, 2.24) is 15.6 Å². The van der Waals surface area contributed by atoms with Crippen LogP contribution in [0.25, 0.3) is 0 Å². The third kappa shape index (κ3) is 5.34. The quantitative estimate of drug-likeness (QED) is 0.629. The molecule has 1 aromatic carbocycles. The molecule has 0 fully saturated rings. The van der Waals surface area contributed by atoms with E-state index < -0.39 is 0 Å². The summed E-state index contributed by atoms with van der Waals surface area (Å²) < 4.78 is 0. The second-order valence-corrected chi connectivity index (χ2v) is 7.72. The largest absolute Gasteiger partial charge is 0.357 e. The van der Waals surface area contributed by atoms with E-state index in [1.165, 1.54) is 5.56 Å². The molecule has 1 aromatic heterocycles. The standard InChI is InChI=1S/C19H28N4S/c1-6-20-18(22-14(2)15-10-8-7-9-11-15)21-12-16-13-24-17(23-16)19(3,4)5/h7-11,13-14H,6,12H2,1-5H3,(H2,20,21,22). The van der Waals surface area contributed by atoms with Gasteiger partial charge in [0.25, 0.3) is 0 Å². The third-order valence-electron chi connectivity index (χ3n) is 3.59. The summed E-state index contributed by atoms with van der Waals surface area (Å²) in [5, 5.41) is 10.0. The second kappa shape index (κ2) is 8.29. The first-order chi connectivity index (χ1) is 11.4. The van der Waals surface area contributed by atoms with Gasteiger partial charge in [0.1, 0.15) is 0 Å². The van der Waals surface area contributed by atoms with E-state index in [9.17, 15) is 0 Å². The van der Waals surface area contributed by atoms with Gasteiger partial charge in [-0.15, -0.1) is 11.3 Å². The van der Waals surface area contributed by atoms with Crippen molar-refractivity contribution >= 4 is 17.3 Å². The van der Waals surface area contributed by atoms with E-state index in [2.05, 4.69) is 79.9 Å². The fourth-order valence-corrected chi connectivity index (χ4v) is 3.13. The Morgan fingerprint density at radius 2 is 1.96 bits per heavy atom. The van der Waals surface area contributed by atoms with Crippen LogP contribution in [0.4, 0.5) is 0 Å². The number of nitrogens with one attached hydrogen (secondary N) is 2. The van der Waals surface area contributed by atoms with Gasteiger partial charge in [0.15, 0.2) is 5.96 Å². The van der Waals surface area contributed by atoms with Crippen molar-refractivity contribution in [2.45, 2.75) is 52.6 Å². The summed E-state index contributed by atoms with van der Waals surface area (Å²) in [7, 11) is 0. The van der Waals surface area contributed by atoms with Crippen molar-refractivity contribution in [3.8, 4) is 0 Å². The van der Waals surface area contributed by atoms with Gasteiger partial charge in [-0.3, -0.25) is 0 Å². The highest BCUT2D eigenvalue weighted by molar-refractivity contribution is 7.09. The molecule has 0 aliphatic rings. The van der Waals surface area contributed by atoms with Gasteiger partial charge in [-0.25, -0.2) is 9.98 Å². The highest BCUT2D eigenvalue weighted by Crippen LogP contribution is 2.25. The van der Waals surface area contributed by atoms with Crippen LogP contribution in [-0.2, 0) is 12.0 Å². The number of hydrogen-bond donors (Lipinski definition) is 2. The summed E-state index contributed by atoms with van der Waals surface area (Å²) in [6.45, 7) is 12.2. The van der Waals surface area contributed by atoms with Gasteiger partial charge >= 0.3 is 0 Å². The van der Waals surface area contributed by atoms with Crippen LogP contribution >= 0.6 is 11.3 Å². The smallest absolute Gasteiger partial charge is 0.192 e. The molecule has 0 radical (unpaired) electrons. The molecule has 24 heavy (non-hydrogen) atoms. The molecular weight excluding hydrogens is 316 g/mol. The summed E-state index contributed by atoms with van der Waals surface area (Å²) in [5.74, 6) is 0.819. The zero-order valence-corrected chi connectivity index (χ0v) is 16.1. The summed E-state index contributed by atoms with van der Waals surface area (Å²) in [6.07, 6.45) is 0. The van der Waals surface area contributed by atoms with Gasteiger partial charge in [0.05, 0.1) is 23.3 Å². The molecule has 1 heterocycles. The number of guanidine groups is 1. The Bertz CT molecular complexity index is 656. The number of rotatable bonds is 5. The van der Waals surface area contributed by atoms with E-state index in [1.807, 2.05) is 6.07 Å². The molecule has 4 nitrogen and oxygen atoms in total. The predicted octanol–water partition coefficient (Wildman–Crippen LogP) is 4.26. The van der Waals surface area contributed by atoms with Gasteiger partial charge in [-0.2, -0.15) is 0 Å². The van der Waals surface area contributed by atoms with Crippen molar-refractivity contribution in [2.24, 2.45) is 4.99 Å². The molecule has 0 saturated heterocycles. The van der Waals surface area contributed by atoms with Crippen LogP contribution in [0.15, 0.2) is 40.7 Å². The van der Waals surface area contributed by atoms with Crippen molar-refractivity contribution in [3.05, 3.63) is 52.0 Å². The molecule has 0 bridgehead atoms. The van der Waals surface area contributed by atoms with Crippen LogP contribution < -0.4 is 10.6 Å². The number of nitrogens with zero attached hydrogens (tertiary/aromatic N) is 2. The van der Waals surface area contributed by atoms with Gasteiger partial charge in [0.2, 0.25) is 0 Å². The minimum absolute atomic E-state index is 0.0944. The Hall–Kier alpha value is -1.88. The second-order valence-electron chi connectivity index (χ2n) is 6.87. The topological polar surface area (TPSA) is 49.3 Å². The predicted molar refractivity (Wildman–Crippen MR) is 104 cm³/mol. The normalized spacial score (nSPS) is 13.6. The Kier molecular flexibility index (Phi) is 6.37. The molecule has 130 valence electrons. The number of thiazole rings is 1. The Balaban J connectivity index is 2.04. The molecule has 2 aromatic rings. The van der Waals surface area contributed by atoms with Crippen LogP contribution in [0.2, 0.25) is 0 Å². The molecular formula is C19H28N4S. The number of hydrogen-bond acceptors (Lipinski definition) is 3. The molecule has 2 N–H and O–H groups in total. The molecule has 0 aliphatic heterocycles. The van der Waals surface area contributed by atoms with Gasteiger partial charge in [-0.1, -0.05) is 51.1 Å². The van der Waals surface area contributed by atoms with Gasteiger partial charge < -0.3 is 10.6 Å². The lowest BCUT2D eigenvalue weighted by molar-refractivity contribution is 0.583. The van der Waals surface area contributed by atoms with Crippen LogP contribution in [0, 0.1) is 0 Å². The highest BCUT2D eigenvalue weighted by Gasteiger charge is 2.17. The molecule has 0 amide bonds. The first-order valence-corrected chi connectivity index (χ1v) is 9.32. The van der Waals surface area contributed by atoms with Gasteiger partial charge in [0, 0.05) is 17.3 Å². The maximum absolute atomic E-state index is 4.71. The van der Waals surface area contributed by atoms with E-state index in [0.717, 1.165) is 23.2 Å². The fraction of sp³-hybridized carbons (Fsp3) is 0.474. The van der Waals surface area contributed by atoms with Crippen molar-refractivity contribution in [2.75, 3.05) is 6.54 Å². The lowest BCUT2D eigenvalue weighted by Crippen LogP contribution is -2.38. The van der Waals surface area contributed by atoms with Crippen molar-refractivity contribution in [1.29, 1.82) is 0 Å². The Morgan fingerprint density at radius 1 is 1.25 bits per heavy atom. The van der Waals surface area contributed by atoms with E-state index in [0.29, 0.717) is 6.54 Å². The first kappa shape index (κ1) is 18.5. The molecule has 0 aliphatic carbocycles. The minimum atomic E-state index is 0.0944. The van der Waals surface area contributed by atoms with Crippen molar-refractivity contribution < 1.29 is 0 Å². The average Bonchev–Trinajstić information content (AvgIpc) is 3.03. The third-order valence-corrected chi connectivity index (χ3v) is 4.91. The zero-order chi connectivity index (χ0) is 17.6. The maximum atomic E-state index is 4.71. The number of aliphatic imine (C=N–C) groups is 1. The summed E-state index contributed by atoms with van der Waals surface area (Å²) in [5.41, 5.74) is 2.36. The van der Waals surface area contributed by atoms with Crippen LogP contribution in [0.1, 0.15) is 56.9 Å².